The molecule has 0 saturated heterocycles. The van der Waals surface area contributed by atoms with Crippen molar-refractivity contribution in [1.82, 2.24) is 19.4 Å². The normalized spacial score (nSPS) is 12.0. The van der Waals surface area contributed by atoms with Crippen molar-refractivity contribution in [3.63, 3.8) is 0 Å². The number of carbonyl (C=O) groups is 1. The van der Waals surface area contributed by atoms with Gasteiger partial charge in [0.25, 0.3) is 0 Å². The van der Waals surface area contributed by atoms with Crippen molar-refractivity contribution in [2.45, 2.75) is 32.9 Å². The van der Waals surface area contributed by atoms with E-state index in [1.54, 1.807) is 45.2 Å². The van der Waals surface area contributed by atoms with Gasteiger partial charge in [0.2, 0.25) is 5.56 Å². The fourth-order valence-corrected chi connectivity index (χ4v) is 3.47. The van der Waals surface area contributed by atoms with Crippen LogP contribution in [0.3, 0.4) is 0 Å². The van der Waals surface area contributed by atoms with Gasteiger partial charge in [-0.3, -0.25) is 4.79 Å². The number of nitrogens with one attached hydrogen (secondary N) is 3. The van der Waals surface area contributed by atoms with Gasteiger partial charge in [0, 0.05) is 24.2 Å². The number of nitrogens with zero attached hydrogens (tertiary/aromatic N) is 1. The molecule has 0 atom stereocenters. The molecule has 3 N–H and O–H groups in total. The zero-order valence-electron chi connectivity index (χ0n) is 16.7. The molecule has 2 aromatic heterocycles. The minimum Gasteiger partial charge on any atom is -0.443 e. The molecule has 0 spiro atoms. The van der Waals surface area contributed by atoms with Crippen molar-refractivity contribution in [1.29, 1.82) is 0 Å². The highest BCUT2D eigenvalue weighted by atomic mass is 32.2. The van der Waals surface area contributed by atoms with Gasteiger partial charge in [-0.15, -0.1) is 0 Å². The second-order valence-electron chi connectivity index (χ2n) is 7.57. The first-order chi connectivity index (χ1) is 14.0. The summed E-state index contributed by atoms with van der Waals surface area (Å²) in [4.78, 5) is 30.1. The maximum atomic E-state index is 12.1. The van der Waals surface area contributed by atoms with Crippen LogP contribution in [0, 0.1) is 0 Å². The van der Waals surface area contributed by atoms with E-state index in [4.69, 9.17) is 4.74 Å². The highest BCUT2D eigenvalue weighted by Gasteiger charge is 2.21. The number of benzene rings is 1. The number of aromatic nitrogens is 2. The first kappa shape index (κ1) is 21.5. The van der Waals surface area contributed by atoms with Crippen molar-refractivity contribution >= 4 is 27.3 Å². The van der Waals surface area contributed by atoms with Crippen LogP contribution in [0.2, 0.25) is 0 Å². The molecule has 0 aliphatic rings. The van der Waals surface area contributed by atoms with Crippen LogP contribution in [-0.4, -0.2) is 30.1 Å². The minimum atomic E-state index is -4.09. The van der Waals surface area contributed by atoms with Gasteiger partial charge in [-0.25, -0.2) is 14.5 Å². The second kappa shape index (κ2) is 8.25. The van der Waals surface area contributed by atoms with E-state index in [0.29, 0.717) is 11.2 Å². The highest BCUT2D eigenvalue weighted by molar-refractivity contribution is 7.88. The summed E-state index contributed by atoms with van der Waals surface area (Å²) in [6, 6.07) is 12.2. The third-order valence-electron chi connectivity index (χ3n) is 3.95. The fourth-order valence-electron chi connectivity index (χ4n) is 2.78. The van der Waals surface area contributed by atoms with Gasteiger partial charge in [-0.1, -0.05) is 18.2 Å². The lowest BCUT2D eigenvalue weighted by Gasteiger charge is -2.19. The lowest BCUT2D eigenvalue weighted by Crippen LogP contribution is -2.42. The second-order valence-corrected chi connectivity index (χ2v) is 9.07. The molecule has 9 nitrogen and oxygen atoms in total. The van der Waals surface area contributed by atoms with Crippen molar-refractivity contribution in [2.24, 2.45) is 0 Å². The lowest BCUT2D eigenvalue weighted by atomic mass is 10.0. The summed E-state index contributed by atoms with van der Waals surface area (Å²) in [6.07, 6.45) is 0.536. The van der Waals surface area contributed by atoms with Gasteiger partial charge in [0.05, 0.1) is 0 Å². The highest BCUT2D eigenvalue weighted by Crippen LogP contribution is 2.26. The molecule has 3 aromatic rings. The average Bonchev–Trinajstić information content (AvgIpc) is 2.64. The number of H-pyrrole nitrogens is 1. The van der Waals surface area contributed by atoms with Crippen LogP contribution in [0.1, 0.15) is 26.3 Å². The summed E-state index contributed by atoms with van der Waals surface area (Å²) >= 11 is 0. The standard InChI is InChI=1S/C20H22N4O5S/c1-20(2,3)29-19(26)24-30(27,28)22-12-13-5-4-6-14(11-13)15-9-10-21-18-16(15)7-8-17(25)23-18/h4-11,22H,12H2,1-3H3,(H,24,26)(H,21,23,25). The first-order valence-corrected chi connectivity index (χ1v) is 10.6. The zero-order valence-corrected chi connectivity index (χ0v) is 17.5. The number of ether oxygens (including phenoxy) is 1. The van der Waals surface area contributed by atoms with E-state index >= 15 is 0 Å². The van der Waals surface area contributed by atoms with Crippen LogP contribution in [0.25, 0.3) is 22.2 Å². The number of fused-ring (bicyclic) bond motifs is 1. The van der Waals surface area contributed by atoms with Gasteiger partial charge in [-0.05, 0) is 55.7 Å². The third kappa shape index (κ3) is 5.65. The van der Waals surface area contributed by atoms with Crippen molar-refractivity contribution in [3.05, 3.63) is 64.6 Å². The molecule has 158 valence electrons. The predicted octanol–water partition coefficient (Wildman–Crippen LogP) is 2.45. The molecule has 0 radical (unpaired) electrons. The Morgan fingerprint density at radius 3 is 2.67 bits per heavy atom. The molecule has 0 saturated carbocycles. The SMILES string of the molecule is CC(C)(C)OC(=O)NS(=O)(=O)NCc1cccc(-c2ccnc3[nH]c(=O)ccc23)c1. The zero-order chi connectivity index (χ0) is 21.9. The maximum Gasteiger partial charge on any atom is 0.422 e. The van der Waals surface area contributed by atoms with Crippen molar-refractivity contribution in [3.8, 4) is 11.1 Å². The number of pyridine rings is 2. The van der Waals surface area contributed by atoms with Crippen LogP contribution in [-0.2, 0) is 21.5 Å². The van der Waals surface area contributed by atoms with Crippen LogP contribution in [0.4, 0.5) is 4.79 Å². The Hall–Kier alpha value is -3.24. The molecule has 0 aliphatic heterocycles. The Morgan fingerprint density at radius 2 is 1.93 bits per heavy atom. The largest absolute Gasteiger partial charge is 0.443 e. The summed E-state index contributed by atoms with van der Waals surface area (Å²) in [5, 5.41) is 0.765. The summed E-state index contributed by atoms with van der Waals surface area (Å²) in [5.74, 6) is 0. The topological polar surface area (TPSA) is 130 Å². The Labute approximate surface area is 173 Å². The first-order valence-electron chi connectivity index (χ1n) is 9.10. The van der Waals surface area contributed by atoms with Gasteiger partial charge in [0.15, 0.2) is 0 Å². The summed E-state index contributed by atoms with van der Waals surface area (Å²) in [7, 11) is -4.09. The van der Waals surface area contributed by atoms with E-state index in [1.807, 2.05) is 22.9 Å². The molecule has 1 amide bonds. The fraction of sp³-hybridized carbons (Fsp3) is 0.250. The molecule has 0 fully saturated rings. The van der Waals surface area contributed by atoms with E-state index in [9.17, 15) is 18.0 Å². The summed E-state index contributed by atoms with van der Waals surface area (Å²) in [5.41, 5.74) is 1.75. The number of rotatable bonds is 5. The van der Waals surface area contributed by atoms with Crippen LogP contribution >= 0.6 is 0 Å². The molecule has 30 heavy (non-hydrogen) atoms. The Morgan fingerprint density at radius 1 is 1.17 bits per heavy atom. The number of hydrogen-bond acceptors (Lipinski definition) is 6. The predicted molar refractivity (Wildman–Crippen MR) is 113 cm³/mol. The van der Waals surface area contributed by atoms with Gasteiger partial charge >= 0.3 is 16.3 Å². The van der Waals surface area contributed by atoms with Crippen LogP contribution in [0.5, 0.6) is 0 Å². The van der Waals surface area contributed by atoms with Crippen molar-refractivity contribution in [2.75, 3.05) is 0 Å². The Kier molecular flexibility index (Phi) is 5.90. The molecule has 10 heteroatoms. The molecule has 2 heterocycles. The van der Waals surface area contributed by atoms with Gasteiger partial charge in [0.1, 0.15) is 11.2 Å². The smallest absolute Gasteiger partial charge is 0.422 e. The van der Waals surface area contributed by atoms with E-state index in [-0.39, 0.29) is 12.1 Å². The van der Waals surface area contributed by atoms with Crippen LogP contribution < -0.4 is 15.0 Å². The Balaban J connectivity index is 1.77. The molecule has 0 aliphatic carbocycles. The number of aromatic amines is 1. The van der Waals surface area contributed by atoms with Crippen LogP contribution in [0.15, 0.2) is 53.5 Å². The van der Waals surface area contributed by atoms with E-state index in [1.165, 1.54) is 6.07 Å². The van der Waals surface area contributed by atoms with E-state index < -0.39 is 21.9 Å². The number of hydrogen-bond donors (Lipinski definition) is 3. The van der Waals surface area contributed by atoms with E-state index in [2.05, 4.69) is 14.7 Å². The quantitative estimate of drug-likeness (QED) is 0.570. The number of carbonyl (C=O) groups excluding carboxylic acids is 1. The Bertz CT molecular complexity index is 1250. The average molecular weight is 430 g/mol. The third-order valence-corrected chi connectivity index (χ3v) is 4.91. The summed E-state index contributed by atoms with van der Waals surface area (Å²) in [6.45, 7) is 4.87. The summed E-state index contributed by atoms with van der Waals surface area (Å²) < 4.78 is 33.3. The molecule has 0 unspecified atom stereocenters. The maximum absolute atomic E-state index is 12.1. The van der Waals surface area contributed by atoms with E-state index in [0.717, 1.165) is 16.5 Å². The molecular weight excluding hydrogens is 408 g/mol. The minimum absolute atomic E-state index is 0.0359. The monoisotopic (exact) mass is 430 g/mol. The molecule has 1 aromatic carbocycles. The van der Waals surface area contributed by atoms with Gasteiger partial charge < -0.3 is 9.72 Å². The molecular formula is C20H22N4O5S. The molecule has 0 bridgehead atoms. The number of amides is 1. The van der Waals surface area contributed by atoms with Crippen molar-refractivity contribution < 1.29 is 17.9 Å². The van der Waals surface area contributed by atoms with Gasteiger partial charge in [-0.2, -0.15) is 13.1 Å². The molecule has 3 rings (SSSR count). The lowest BCUT2D eigenvalue weighted by molar-refractivity contribution is 0.0569.